The molecule has 1 aromatic carbocycles. The molecule has 7 nitrogen and oxygen atoms in total. The molecule has 27 heavy (non-hydrogen) atoms. The number of unbranched alkanes of at least 4 members (excludes halogenated alkanes) is 1. The number of halogens is 1. The summed E-state index contributed by atoms with van der Waals surface area (Å²) >= 11 is 0. The van der Waals surface area contributed by atoms with E-state index < -0.39 is 0 Å². The van der Waals surface area contributed by atoms with Gasteiger partial charge in [-0.15, -0.1) is 12.4 Å². The Morgan fingerprint density at radius 1 is 1.15 bits per heavy atom. The molecule has 0 bridgehead atoms. The molecule has 0 amide bonds. The number of fused-ring (bicyclic) bond motifs is 1. The van der Waals surface area contributed by atoms with E-state index in [4.69, 9.17) is 14.9 Å². The summed E-state index contributed by atoms with van der Waals surface area (Å²) in [5, 5.41) is 8.57. The number of nitrogens with zero attached hydrogens (tertiary/aromatic N) is 3. The summed E-state index contributed by atoms with van der Waals surface area (Å²) in [6.07, 6.45) is 1.86. The van der Waals surface area contributed by atoms with Gasteiger partial charge in [-0.25, -0.2) is 0 Å². The Kier molecular flexibility index (Phi) is 8.34. The minimum absolute atomic E-state index is 0. The highest BCUT2D eigenvalue weighted by Gasteiger charge is 2.16. The zero-order valence-electron chi connectivity index (χ0n) is 15.9. The van der Waals surface area contributed by atoms with Crippen LogP contribution < -0.4 is 5.62 Å². The van der Waals surface area contributed by atoms with Crippen molar-refractivity contribution in [1.29, 1.82) is 5.41 Å². The predicted octanol–water partition coefficient (Wildman–Crippen LogP) is 2.02. The molecule has 2 aromatic rings. The second kappa shape index (κ2) is 10.5. The van der Waals surface area contributed by atoms with Gasteiger partial charge in [0.1, 0.15) is 6.54 Å². The predicted molar refractivity (Wildman–Crippen MR) is 106 cm³/mol. The third-order valence-electron chi connectivity index (χ3n) is 4.77. The Hall–Kier alpha value is -1.83. The molecular weight excluding hydrogens is 368 g/mol. The largest absolute Gasteiger partial charge is 0.464 e. The molecule has 0 unspecified atom stereocenters. The summed E-state index contributed by atoms with van der Waals surface area (Å²) in [6, 6.07) is 7.87. The molecular formula is C19H29ClN4O3. The normalized spacial score (nSPS) is 14.9. The van der Waals surface area contributed by atoms with Crippen molar-refractivity contribution in [3.05, 3.63) is 29.9 Å². The number of morpholine rings is 1. The molecule has 2 heterocycles. The van der Waals surface area contributed by atoms with Crippen molar-refractivity contribution in [2.24, 2.45) is 0 Å². The van der Waals surface area contributed by atoms with Crippen molar-refractivity contribution in [3.8, 4) is 0 Å². The zero-order chi connectivity index (χ0) is 18.4. The van der Waals surface area contributed by atoms with Gasteiger partial charge in [0.05, 0.1) is 30.9 Å². The van der Waals surface area contributed by atoms with E-state index >= 15 is 0 Å². The Bertz CT molecular complexity index is 796. The van der Waals surface area contributed by atoms with E-state index in [1.807, 2.05) is 28.8 Å². The van der Waals surface area contributed by atoms with Crippen LogP contribution in [0.5, 0.6) is 0 Å². The van der Waals surface area contributed by atoms with E-state index in [1.54, 1.807) is 4.57 Å². The molecule has 1 aromatic heterocycles. The maximum atomic E-state index is 12.1. The van der Waals surface area contributed by atoms with Crippen LogP contribution in [0.4, 0.5) is 0 Å². The third-order valence-corrected chi connectivity index (χ3v) is 4.77. The number of carbonyl (C=O) groups excluding carboxylic acids is 1. The van der Waals surface area contributed by atoms with Crippen LogP contribution in [0.3, 0.4) is 0 Å². The van der Waals surface area contributed by atoms with Crippen molar-refractivity contribution < 1.29 is 14.3 Å². The number of nitrogens with one attached hydrogen (secondary N) is 1. The summed E-state index contributed by atoms with van der Waals surface area (Å²) in [4.78, 5) is 14.5. The lowest BCUT2D eigenvalue weighted by atomic mass is 10.3. The highest BCUT2D eigenvalue weighted by molar-refractivity contribution is 5.85. The van der Waals surface area contributed by atoms with E-state index in [0.717, 1.165) is 63.3 Å². The number of rotatable bonds is 8. The number of hydrogen-bond donors (Lipinski definition) is 1. The lowest BCUT2D eigenvalue weighted by Crippen LogP contribution is -2.39. The lowest BCUT2D eigenvalue weighted by molar-refractivity contribution is -0.144. The van der Waals surface area contributed by atoms with Crippen molar-refractivity contribution in [3.63, 3.8) is 0 Å². The number of aromatic nitrogens is 2. The maximum absolute atomic E-state index is 12.1. The number of imidazole rings is 1. The first kappa shape index (κ1) is 21.5. The smallest absolute Gasteiger partial charge is 0.326 e. The Labute approximate surface area is 165 Å². The number of esters is 1. The second-order valence-corrected chi connectivity index (χ2v) is 6.58. The molecule has 0 radical (unpaired) electrons. The highest BCUT2D eigenvalue weighted by Crippen LogP contribution is 2.13. The lowest BCUT2D eigenvalue weighted by Gasteiger charge is -2.26. The van der Waals surface area contributed by atoms with Gasteiger partial charge in [0.2, 0.25) is 5.62 Å². The van der Waals surface area contributed by atoms with Gasteiger partial charge >= 0.3 is 5.97 Å². The number of ether oxygens (including phenoxy) is 2. The quantitative estimate of drug-likeness (QED) is 0.547. The van der Waals surface area contributed by atoms with E-state index in [-0.39, 0.29) is 24.9 Å². The van der Waals surface area contributed by atoms with Crippen molar-refractivity contribution >= 4 is 29.4 Å². The molecule has 150 valence electrons. The fraction of sp³-hybridized carbons (Fsp3) is 0.579. The molecule has 1 aliphatic rings. The van der Waals surface area contributed by atoms with Crippen LogP contribution in [-0.2, 0) is 27.4 Å². The first-order valence-electron chi connectivity index (χ1n) is 9.39. The first-order chi connectivity index (χ1) is 12.7. The summed E-state index contributed by atoms with van der Waals surface area (Å²) in [5.74, 6) is -0.284. The van der Waals surface area contributed by atoms with Crippen molar-refractivity contribution in [2.75, 3.05) is 39.5 Å². The SMILES string of the molecule is CCCCOC(=O)Cn1c(=N)n(CCN2CCOCC2)c2ccccc21.Cl. The topological polar surface area (TPSA) is 72.5 Å². The Morgan fingerprint density at radius 2 is 1.81 bits per heavy atom. The fourth-order valence-electron chi connectivity index (χ4n) is 3.25. The third kappa shape index (κ3) is 5.34. The zero-order valence-corrected chi connectivity index (χ0v) is 16.7. The van der Waals surface area contributed by atoms with Gasteiger partial charge in [-0.05, 0) is 18.6 Å². The molecule has 1 aliphatic heterocycles. The van der Waals surface area contributed by atoms with E-state index in [9.17, 15) is 4.79 Å². The van der Waals surface area contributed by atoms with Gasteiger partial charge in [-0.3, -0.25) is 19.7 Å². The molecule has 0 atom stereocenters. The van der Waals surface area contributed by atoms with Gasteiger partial charge in [0.25, 0.3) is 0 Å². The highest BCUT2D eigenvalue weighted by atomic mass is 35.5. The van der Waals surface area contributed by atoms with E-state index in [1.165, 1.54) is 0 Å². The summed E-state index contributed by atoms with van der Waals surface area (Å²) in [7, 11) is 0. The number of para-hydroxylation sites is 2. The van der Waals surface area contributed by atoms with Gasteiger partial charge in [-0.2, -0.15) is 0 Å². The molecule has 1 N–H and O–H groups in total. The average Bonchev–Trinajstić information content (AvgIpc) is 2.93. The standard InChI is InChI=1S/C19H28N4O3.ClH/c1-2-3-12-26-18(24)15-23-17-7-5-4-6-16(17)22(19(23)20)9-8-21-10-13-25-14-11-21;/h4-7,20H,2-3,8-15H2,1H3;1H. The van der Waals surface area contributed by atoms with E-state index in [0.29, 0.717) is 12.2 Å². The number of carbonyl (C=O) groups is 1. The van der Waals surface area contributed by atoms with Gasteiger partial charge in [-0.1, -0.05) is 25.5 Å². The van der Waals surface area contributed by atoms with Crippen LogP contribution >= 0.6 is 12.4 Å². The van der Waals surface area contributed by atoms with Crippen LogP contribution in [0.25, 0.3) is 11.0 Å². The molecule has 0 aliphatic carbocycles. The minimum Gasteiger partial charge on any atom is -0.464 e. The monoisotopic (exact) mass is 396 g/mol. The molecule has 0 spiro atoms. The van der Waals surface area contributed by atoms with Gasteiger partial charge < -0.3 is 14.0 Å². The van der Waals surface area contributed by atoms with Crippen molar-refractivity contribution in [1.82, 2.24) is 14.0 Å². The number of hydrogen-bond acceptors (Lipinski definition) is 5. The summed E-state index contributed by atoms with van der Waals surface area (Å²) in [5.41, 5.74) is 2.21. The molecule has 8 heteroatoms. The fourth-order valence-corrected chi connectivity index (χ4v) is 3.25. The van der Waals surface area contributed by atoms with Crippen LogP contribution in [0.1, 0.15) is 19.8 Å². The average molecular weight is 397 g/mol. The molecule has 3 rings (SSSR count). The summed E-state index contributed by atoms with van der Waals surface area (Å²) in [6.45, 7) is 7.56. The van der Waals surface area contributed by atoms with Gasteiger partial charge in [0.15, 0.2) is 0 Å². The van der Waals surface area contributed by atoms with Crippen molar-refractivity contribution in [2.45, 2.75) is 32.9 Å². The Morgan fingerprint density at radius 3 is 2.48 bits per heavy atom. The van der Waals surface area contributed by atoms with E-state index in [2.05, 4.69) is 11.8 Å². The van der Waals surface area contributed by atoms with Crippen LogP contribution in [0.15, 0.2) is 24.3 Å². The van der Waals surface area contributed by atoms with Crippen LogP contribution in [0, 0.1) is 5.41 Å². The van der Waals surface area contributed by atoms with Crippen LogP contribution in [-0.4, -0.2) is 59.5 Å². The second-order valence-electron chi connectivity index (χ2n) is 6.58. The van der Waals surface area contributed by atoms with Crippen LogP contribution in [0.2, 0.25) is 0 Å². The number of benzene rings is 1. The molecule has 1 fully saturated rings. The Balaban J connectivity index is 0.00000261. The first-order valence-corrected chi connectivity index (χ1v) is 9.39. The summed E-state index contributed by atoms with van der Waals surface area (Å²) < 4.78 is 14.4. The molecule has 0 saturated carbocycles. The van der Waals surface area contributed by atoms with Gasteiger partial charge in [0, 0.05) is 26.2 Å². The minimum atomic E-state index is -0.284. The molecule has 1 saturated heterocycles. The maximum Gasteiger partial charge on any atom is 0.326 e.